The lowest BCUT2D eigenvalue weighted by Gasteiger charge is -2.35. The summed E-state index contributed by atoms with van der Waals surface area (Å²) in [5, 5.41) is 28.3. The summed E-state index contributed by atoms with van der Waals surface area (Å²) in [4.78, 5) is 15.5. The number of rotatable bonds is 3. The van der Waals surface area contributed by atoms with E-state index in [0.717, 1.165) is 0 Å². The van der Waals surface area contributed by atoms with E-state index in [0.29, 0.717) is 5.56 Å². The van der Waals surface area contributed by atoms with E-state index in [2.05, 4.69) is 15.8 Å². The van der Waals surface area contributed by atoms with E-state index in [1.54, 1.807) is 12.1 Å². The molecule has 1 amide bonds. The Labute approximate surface area is 109 Å². The second-order valence-corrected chi connectivity index (χ2v) is 4.14. The third kappa shape index (κ3) is 3.25. The number of aliphatic hydroxyl groups is 3. The molecular weight excluding hydrogens is 254 g/mol. The molecule has 1 aliphatic rings. The summed E-state index contributed by atoms with van der Waals surface area (Å²) in [6, 6.07) is 3.18. The van der Waals surface area contributed by atoms with Crippen LogP contribution in [-0.4, -0.2) is 57.4 Å². The highest BCUT2D eigenvalue weighted by Gasteiger charge is 2.37. The first-order valence-corrected chi connectivity index (χ1v) is 5.71. The fourth-order valence-electron chi connectivity index (χ4n) is 1.64. The van der Waals surface area contributed by atoms with Gasteiger partial charge in [0.1, 0.15) is 18.3 Å². The number of hydrogen-bond donors (Lipinski definition) is 5. The zero-order valence-corrected chi connectivity index (χ0v) is 9.93. The number of hydrogen-bond acceptors (Lipinski definition) is 7. The van der Waals surface area contributed by atoms with Gasteiger partial charge in [-0.15, -0.1) is 0 Å². The van der Waals surface area contributed by atoms with Crippen molar-refractivity contribution in [1.82, 2.24) is 15.8 Å². The van der Waals surface area contributed by atoms with Gasteiger partial charge in [0.15, 0.2) is 6.23 Å². The Hall–Kier alpha value is -1.58. The fraction of sp³-hybridized carbons (Fsp3) is 0.455. The van der Waals surface area contributed by atoms with E-state index in [4.69, 9.17) is 4.74 Å². The Balaban J connectivity index is 1.87. The maximum absolute atomic E-state index is 11.7. The summed E-state index contributed by atoms with van der Waals surface area (Å²) in [5.74, 6) is -0.454. The van der Waals surface area contributed by atoms with Gasteiger partial charge < -0.3 is 20.1 Å². The van der Waals surface area contributed by atoms with Crippen LogP contribution in [0.3, 0.4) is 0 Å². The van der Waals surface area contributed by atoms with Crippen LogP contribution in [0, 0.1) is 0 Å². The fourth-order valence-corrected chi connectivity index (χ4v) is 1.64. The lowest BCUT2D eigenvalue weighted by atomic mass is 10.1. The number of aromatic nitrogens is 1. The zero-order chi connectivity index (χ0) is 13.8. The first-order valence-electron chi connectivity index (χ1n) is 5.71. The highest BCUT2D eigenvalue weighted by atomic mass is 16.5. The Morgan fingerprint density at radius 2 is 2.16 bits per heavy atom. The van der Waals surface area contributed by atoms with Crippen LogP contribution >= 0.6 is 0 Å². The van der Waals surface area contributed by atoms with Gasteiger partial charge in [0.2, 0.25) is 0 Å². The Kier molecular flexibility index (Phi) is 4.40. The molecule has 1 fully saturated rings. The van der Waals surface area contributed by atoms with Crippen molar-refractivity contribution < 1.29 is 24.9 Å². The predicted molar refractivity (Wildman–Crippen MR) is 62.6 cm³/mol. The second kappa shape index (κ2) is 6.04. The SMILES string of the molecule is O=C(NN[C@H]1OC[C@H](O)[C@H](O)[C@H]1O)c1cccnc1. The van der Waals surface area contributed by atoms with Crippen LogP contribution < -0.4 is 10.9 Å². The minimum atomic E-state index is -1.35. The molecule has 8 heteroatoms. The molecule has 104 valence electrons. The van der Waals surface area contributed by atoms with Gasteiger partial charge in [-0.25, -0.2) is 5.43 Å². The molecule has 2 heterocycles. The number of amides is 1. The lowest BCUT2D eigenvalue weighted by Crippen LogP contribution is -2.61. The second-order valence-electron chi connectivity index (χ2n) is 4.14. The monoisotopic (exact) mass is 269 g/mol. The van der Waals surface area contributed by atoms with Crippen molar-refractivity contribution in [2.75, 3.05) is 6.61 Å². The van der Waals surface area contributed by atoms with Gasteiger partial charge >= 0.3 is 0 Å². The summed E-state index contributed by atoms with van der Waals surface area (Å²) in [6.45, 7) is -0.140. The standard InChI is InChI=1S/C11H15N3O5/c15-7-5-19-11(9(17)8(7)16)14-13-10(18)6-2-1-3-12-4-6/h1-4,7-9,11,14-17H,5H2,(H,13,18)/t7-,8-,9+,11-/m0/s1. The predicted octanol–water partition coefficient (Wildman–Crippen LogP) is -2.24. The number of nitrogens with zero attached hydrogens (tertiary/aromatic N) is 1. The van der Waals surface area contributed by atoms with Gasteiger partial charge in [-0.1, -0.05) is 0 Å². The van der Waals surface area contributed by atoms with Crippen LogP contribution in [0.4, 0.5) is 0 Å². The van der Waals surface area contributed by atoms with Crippen LogP contribution in [0.5, 0.6) is 0 Å². The largest absolute Gasteiger partial charge is 0.388 e. The summed E-state index contributed by atoms with van der Waals surface area (Å²) < 4.78 is 5.06. The Morgan fingerprint density at radius 3 is 2.84 bits per heavy atom. The van der Waals surface area contributed by atoms with Crippen molar-refractivity contribution in [3.8, 4) is 0 Å². The number of pyridine rings is 1. The Morgan fingerprint density at radius 1 is 1.37 bits per heavy atom. The Bertz CT molecular complexity index is 430. The third-order valence-corrected chi connectivity index (χ3v) is 2.75. The first kappa shape index (κ1) is 13.8. The van der Waals surface area contributed by atoms with Gasteiger partial charge in [-0.3, -0.25) is 15.2 Å². The van der Waals surface area contributed by atoms with Crippen LogP contribution in [-0.2, 0) is 4.74 Å². The molecule has 4 atom stereocenters. The molecule has 2 rings (SSSR count). The molecule has 1 aromatic heterocycles. The lowest BCUT2D eigenvalue weighted by molar-refractivity contribution is -0.197. The van der Waals surface area contributed by atoms with Gasteiger partial charge in [0.25, 0.3) is 5.91 Å². The summed E-state index contributed by atoms with van der Waals surface area (Å²) in [5.41, 5.74) is 5.11. The highest BCUT2D eigenvalue weighted by molar-refractivity contribution is 5.93. The molecule has 0 bridgehead atoms. The van der Waals surface area contributed by atoms with Crippen molar-refractivity contribution >= 4 is 5.91 Å². The van der Waals surface area contributed by atoms with Gasteiger partial charge in [-0.2, -0.15) is 0 Å². The van der Waals surface area contributed by atoms with Crippen LogP contribution in [0.2, 0.25) is 0 Å². The molecule has 0 radical (unpaired) electrons. The van der Waals surface area contributed by atoms with Crippen molar-refractivity contribution in [3.63, 3.8) is 0 Å². The minimum Gasteiger partial charge on any atom is -0.388 e. The van der Waals surface area contributed by atoms with E-state index in [1.165, 1.54) is 12.4 Å². The number of carbonyl (C=O) groups is 1. The van der Waals surface area contributed by atoms with Crippen molar-refractivity contribution in [2.24, 2.45) is 0 Å². The number of ether oxygens (including phenoxy) is 1. The van der Waals surface area contributed by atoms with E-state index >= 15 is 0 Å². The van der Waals surface area contributed by atoms with E-state index < -0.39 is 30.4 Å². The van der Waals surface area contributed by atoms with Crippen LogP contribution in [0.15, 0.2) is 24.5 Å². The molecular formula is C11H15N3O5. The highest BCUT2D eigenvalue weighted by Crippen LogP contribution is 2.13. The molecule has 8 nitrogen and oxygen atoms in total. The number of carbonyl (C=O) groups excluding carboxylic acids is 1. The van der Waals surface area contributed by atoms with Crippen molar-refractivity contribution in [2.45, 2.75) is 24.5 Å². The van der Waals surface area contributed by atoms with E-state index in [-0.39, 0.29) is 6.61 Å². The average Bonchev–Trinajstić information content (AvgIpc) is 2.45. The van der Waals surface area contributed by atoms with Crippen LogP contribution in [0.1, 0.15) is 10.4 Å². The molecule has 0 spiro atoms. The van der Waals surface area contributed by atoms with Gasteiger partial charge in [0, 0.05) is 12.4 Å². The maximum Gasteiger partial charge on any atom is 0.267 e. The third-order valence-electron chi connectivity index (χ3n) is 2.75. The smallest absolute Gasteiger partial charge is 0.267 e. The summed E-state index contributed by atoms with van der Waals surface area (Å²) in [6.07, 6.45) is -1.91. The molecule has 0 unspecified atom stereocenters. The quantitative estimate of drug-likeness (QED) is 0.393. The van der Waals surface area contributed by atoms with Crippen molar-refractivity contribution in [1.29, 1.82) is 0 Å². The average molecular weight is 269 g/mol. The zero-order valence-electron chi connectivity index (χ0n) is 9.93. The summed E-state index contributed by atoms with van der Waals surface area (Å²) in [7, 11) is 0. The van der Waals surface area contributed by atoms with E-state index in [9.17, 15) is 20.1 Å². The molecule has 0 aromatic carbocycles. The molecule has 1 saturated heterocycles. The topological polar surface area (TPSA) is 124 Å². The molecule has 0 aliphatic carbocycles. The first-order chi connectivity index (χ1) is 9.09. The van der Waals surface area contributed by atoms with Crippen molar-refractivity contribution in [3.05, 3.63) is 30.1 Å². The number of hydrazine groups is 1. The maximum atomic E-state index is 11.7. The normalized spacial score (nSPS) is 30.9. The van der Waals surface area contributed by atoms with E-state index in [1.807, 2.05) is 0 Å². The number of aliphatic hydroxyl groups excluding tert-OH is 3. The molecule has 0 saturated carbocycles. The van der Waals surface area contributed by atoms with Crippen LogP contribution in [0.25, 0.3) is 0 Å². The number of nitrogens with one attached hydrogen (secondary N) is 2. The molecule has 1 aliphatic heterocycles. The van der Waals surface area contributed by atoms with Gasteiger partial charge in [0.05, 0.1) is 12.2 Å². The molecule has 5 N–H and O–H groups in total. The molecule has 19 heavy (non-hydrogen) atoms. The minimum absolute atomic E-state index is 0.140. The van der Waals surface area contributed by atoms with Gasteiger partial charge in [-0.05, 0) is 12.1 Å². The summed E-state index contributed by atoms with van der Waals surface area (Å²) >= 11 is 0. The molecule has 1 aromatic rings.